The van der Waals surface area contributed by atoms with Gasteiger partial charge in [0, 0.05) is 36.6 Å². The zero-order valence-electron chi connectivity index (χ0n) is 18.7. The first-order valence-electron chi connectivity index (χ1n) is 11.3. The number of amides is 2. The lowest BCUT2D eigenvalue weighted by Gasteiger charge is -2.36. The summed E-state index contributed by atoms with van der Waals surface area (Å²) in [6.07, 6.45) is 5.08. The second-order valence-corrected chi connectivity index (χ2v) is 9.10. The van der Waals surface area contributed by atoms with Gasteiger partial charge in [-0.25, -0.2) is 9.78 Å². The number of pyridine rings is 2. The molecular weight excluding hydrogens is 422 g/mol. The maximum atomic E-state index is 13.1. The van der Waals surface area contributed by atoms with Crippen molar-refractivity contribution in [3.05, 3.63) is 47.6 Å². The molecule has 172 valence electrons. The predicted octanol–water partition coefficient (Wildman–Crippen LogP) is 4.14. The van der Waals surface area contributed by atoms with Crippen LogP contribution < -0.4 is 15.5 Å². The standard InChI is InChI=1S/C24H27N5O4/c1-13-8-17(13)20-9-15-5-6-18(28-23(15)33-20)22(30)27-19-11-25-10-14(2)21(19)29-7-3-4-16(12-29)26-24(31)32/h5-6,9-11,13,16-17,26H,3-4,7-8,12H2,1-2H3,(H,27,30)(H,31,32). The fourth-order valence-electron chi connectivity index (χ4n) is 4.69. The van der Waals surface area contributed by atoms with Gasteiger partial charge in [-0.05, 0) is 55.9 Å². The molecule has 33 heavy (non-hydrogen) atoms. The minimum Gasteiger partial charge on any atom is -0.465 e. The number of anilines is 2. The zero-order valence-corrected chi connectivity index (χ0v) is 18.7. The molecule has 0 spiro atoms. The van der Waals surface area contributed by atoms with Crippen molar-refractivity contribution in [1.82, 2.24) is 15.3 Å². The summed E-state index contributed by atoms with van der Waals surface area (Å²) >= 11 is 0. The summed E-state index contributed by atoms with van der Waals surface area (Å²) in [5.74, 6) is 1.66. The fraction of sp³-hybridized carbons (Fsp3) is 0.417. The minimum atomic E-state index is -1.03. The van der Waals surface area contributed by atoms with Crippen LogP contribution in [0.1, 0.15) is 53.9 Å². The highest BCUT2D eigenvalue weighted by atomic mass is 16.4. The summed E-state index contributed by atoms with van der Waals surface area (Å²) in [6, 6.07) is 5.40. The van der Waals surface area contributed by atoms with Crippen LogP contribution >= 0.6 is 0 Å². The Morgan fingerprint density at radius 3 is 2.85 bits per heavy atom. The van der Waals surface area contributed by atoms with E-state index in [1.165, 1.54) is 0 Å². The molecule has 3 N–H and O–H groups in total. The Bertz CT molecular complexity index is 1220. The fourth-order valence-corrected chi connectivity index (χ4v) is 4.69. The number of fused-ring (bicyclic) bond motifs is 1. The smallest absolute Gasteiger partial charge is 0.404 e. The summed E-state index contributed by atoms with van der Waals surface area (Å²) in [4.78, 5) is 35.0. The molecule has 1 saturated heterocycles. The van der Waals surface area contributed by atoms with Crippen LogP contribution in [0.3, 0.4) is 0 Å². The van der Waals surface area contributed by atoms with E-state index < -0.39 is 6.09 Å². The first kappa shape index (κ1) is 21.2. The van der Waals surface area contributed by atoms with Crippen LogP contribution in [0.4, 0.5) is 16.2 Å². The first-order valence-corrected chi connectivity index (χ1v) is 11.3. The molecule has 0 radical (unpaired) electrons. The summed E-state index contributed by atoms with van der Waals surface area (Å²) in [6.45, 7) is 5.42. The molecule has 1 aliphatic heterocycles. The van der Waals surface area contributed by atoms with E-state index in [2.05, 4.69) is 32.4 Å². The Kier molecular flexibility index (Phi) is 5.39. The Balaban J connectivity index is 1.37. The second-order valence-electron chi connectivity index (χ2n) is 9.10. The molecular formula is C24H27N5O4. The number of hydrogen-bond donors (Lipinski definition) is 3. The molecule has 2 fully saturated rings. The number of carboxylic acid groups (broad SMARTS) is 1. The molecule has 5 rings (SSSR count). The van der Waals surface area contributed by atoms with Crippen molar-refractivity contribution in [2.24, 2.45) is 5.92 Å². The lowest BCUT2D eigenvalue weighted by atomic mass is 10.0. The molecule has 1 aliphatic carbocycles. The van der Waals surface area contributed by atoms with Gasteiger partial charge in [-0.1, -0.05) is 6.92 Å². The third-order valence-electron chi connectivity index (χ3n) is 6.52. The van der Waals surface area contributed by atoms with E-state index in [4.69, 9.17) is 9.52 Å². The molecule has 2 aliphatic rings. The molecule has 3 unspecified atom stereocenters. The maximum absolute atomic E-state index is 13.1. The summed E-state index contributed by atoms with van der Waals surface area (Å²) in [5, 5.41) is 15.5. The van der Waals surface area contributed by atoms with Crippen LogP contribution in [-0.2, 0) is 0 Å². The molecule has 3 aromatic rings. The average Bonchev–Trinajstić information content (AvgIpc) is 3.35. The van der Waals surface area contributed by atoms with Gasteiger partial charge in [0.1, 0.15) is 11.5 Å². The molecule has 3 aromatic heterocycles. The minimum absolute atomic E-state index is 0.168. The van der Waals surface area contributed by atoms with Crippen molar-refractivity contribution in [2.45, 2.75) is 45.1 Å². The lowest BCUT2D eigenvalue weighted by molar-refractivity contribution is 0.102. The molecule has 1 saturated carbocycles. The monoisotopic (exact) mass is 449 g/mol. The van der Waals surface area contributed by atoms with Crippen LogP contribution in [-0.4, -0.2) is 46.2 Å². The highest BCUT2D eigenvalue weighted by molar-refractivity contribution is 6.05. The van der Waals surface area contributed by atoms with E-state index in [0.29, 0.717) is 29.8 Å². The van der Waals surface area contributed by atoms with Crippen molar-refractivity contribution in [3.63, 3.8) is 0 Å². The molecule has 9 nitrogen and oxygen atoms in total. The second kappa shape index (κ2) is 8.38. The van der Waals surface area contributed by atoms with Gasteiger partial charge in [-0.2, -0.15) is 0 Å². The third-order valence-corrected chi connectivity index (χ3v) is 6.52. The molecule has 0 bridgehead atoms. The van der Waals surface area contributed by atoms with Gasteiger partial charge in [0.15, 0.2) is 0 Å². The summed E-state index contributed by atoms with van der Waals surface area (Å²) in [5.41, 5.74) is 3.06. The highest BCUT2D eigenvalue weighted by Gasteiger charge is 2.37. The molecule has 3 atom stereocenters. The van der Waals surface area contributed by atoms with Gasteiger partial charge in [0.2, 0.25) is 5.71 Å². The van der Waals surface area contributed by atoms with E-state index in [9.17, 15) is 9.59 Å². The maximum Gasteiger partial charge on any atom is 0.404 e. The number of carbonyl (C=O) groups excluding carboxylic acids is 1. The summed E-state index contributed by atoms with van der Waals surface area (Å²) < 4.78 is 5.92. The lowest BCUT2D eigenvalue weighted by Crippen LogP contribution is -2.47. The number of hydrogen-bond acceptors (Lipinski definition) is 6. The molecule has 2 amide bonds. The Labute approximate surface area is 191 Å². The van der Waals surface area contributed by atoms with Gasteiger partial charge < -0.3 is 25.1 Å². The van der Waals surface area contributed by atoms with Gasteiger partial charge in [-0.15, -0.1) is 0 Å². The largest absolute Gasteiger partial charge is 0.465 e. The number of furan rings is 1. The first-order chi connectivity index (χ1) is 15.9. The number of rotatable bonds is 5. The van der Waals surface area contributed by atoms with Crippen LogP contribution in [0.15, 0.2) is 35.0 Å². The normalized spacial score (nSPS) is 22.2. The molecule has 4 heterocycles. The predicted molar refractivity (Wildman–Crippen MR) is 124 cm³/mol. The van der Waals surface area contributed by atoms with E-state index in [1.54, 1.807) is 18.5 Å². The number of aryl methyl sites for hydroxylation is 1. The van der Waals surface area contributed by atoms with Crippen LogP contribution in [0.5, 0.6) is 0 Å². The number of aromatic nitrogens is 2. The number of carbonyl (C=O) groups is 2. The Morgan fingerprint density at radius 1 is 1.27 bits per heavy atom. The number of piperidine rings is 1. The molecule has 9 heteroatoms. The van der Waals surface area contributed by atoms with Gasteiger partial charge in [0.25, 0.3) is 5.91 Å². The Morgan fingerprint density at radius 2 is 2.09 bits per heavy atom. The van der Waals surface area contributed by atoms with E-state index in [1.807, 2.05) is 19.1 Å². The van der Waals surface area contributed by atoms with Crippen molar-refractivity contribution >= 4 is 34.5 Å². The van der Waals surface area contributed by atoms with Crippen molar-refractivity contribution < 1.29 is 19.1 Å². The summed E-state index contributed by atoms with van der Waals surface area (Å²) in [7, 11) is 0. The molecule has 0 aromatic carbocycles. The number of nitrogens with one attached hydrogen (secondary N) is 2. The van der Waals surface area contributed by atoms with Crippen molar-refractivity contribution in [3.8, 4) is 0 Å². The van der Waals surface area contributed by atoms with Gasteiger partial charge in [-0.3, -0.25) is 9.78 Å². The van der Waals surface area contributed by atoms with Gasteiger partial charge in [0.05, 0.1) is 17.6 Å². The van der Waals surface area contributed by atoms with E-state index in [-0.39, 0.29) is 17.6 Å². The van der Waals surface area contributed by atoms with E-state index >= 15 is 0 Å². The van der Waals surface area contributed by atoms with Crippen LogP contribution in [0.25, 0.3) is 11.1 Å². The quantitative estimate of drug-likeness (QED) is 0.535. The third kappa shape index (κ3) is 4.35. The van der Waals surface area contributed by atoms with Gasteiger partial charge >= 0.3 is 6.09 Å². The topological polar surface area (TPSA) is 121 Å². The van der Waals surface area contributed by atoms with Crippen molar-refractivity contribution in [2.75, 3.05) is 23.3 Å². The Hall–Kier alpha value is -3.62. The number of nitrogens with zero attached hydrogens (tertiary/aromatic N) is 3. The average molecular weight is 450 g/mol. The van der Waals surface area contributed by atoms with Crippen LogP contribution in [0, 0.1) is 12.8 Å². The highest BCUT2D eigenvalue weighted by Crippen LogP contribution is 2.48. The van der Waals surface area contributed by atoms with E-state index in [0.717, 1.165) is 48.2 Å². The van der Waals surface area contributed by atoms with Crippen molar-refractivity contribution in [1.29, 1.82) is 0 Å². The zero-order chi connectivity index (χ0) is 23.1. The van der Waals surface area contributed by atoms with Crippen LogP contribution in [0.2, 0.25) is 0 Å². The SMILES string of the molecule is Cc1cncc(NC(=O)c2ccc3cc(C4CC4C)oc3n2)c1N1CCCC(NC(=O)O)C1.